The van der Waals surface area contributed by atoms with E-state index in [9.17, 15) is 4.79 Å². The quantitative estimate of drug-likeness (QED) is 0.584. The lowest BCUT2D eigenvalue weighted by Crippen LogP contribution is -2.37. The second kappa shape index (κ2) is 9.20. The van der Waals surface area contributed by atoms with E-state index in [1.807, 2.05) is 19.1 Å². The van der Waals surface area contributed by atoms with Gasteiger partial charge in [0.05, 0.1) is 22.4 Å². The molecule has 1 amide bonds. The molecule has 7 nitrogen and oxygen atoms in total. The summed E-state index contributed by atoms with van der Waals surface area (Å²) in [6.07, 6.45) is 4.53. The van der Waals surface area contributed by atoms with Crippen LogP contribution < -0.4 is 5.32 Å². The van der Waals surface area contributed by atoms with Crippen molar-refractivity contribution in [2.75, 3.05) is 19.6 Å². The average Bonchev–Trinajstić information content (AvgIpc) is 3.50. The summed E-state index contributed by atoms with van der Waals surface area (Å²) in [6.45, 7) is 4.32. The third kappa shape index (κ3) is 4.24. The van der Waals surface area contributed by atoms with E-state index < -0.39 is 0 Å². The smallest absolute Gasteiger partial charge is 0.291 e. The van der Waals surface area contributed by atoms with E-state index in [-0.39, 0.29) is 17.8 Å². The van der Waals surface area contributed by atoms with Gasteiger partial charge in [-0.15, -0.1) is 5.10 Å². The summed E-state index contributed by atoms with van der Waals surface area (Å²) < 4.78 is 7.16. The zero-order chi connectivity index (χ0) is 21.1. The van der Waals surface area contributed by atoms with Gasteiger partial charge < -0.3 is 9.73 Å². The Morgan fingerprint density at radius 1 is 1.20 bits per heavy atom. The largest absolute Gasteiger partial charge is 0.468 e. The molecule has 158 valence electrons. The van der Waals surface area contributed by atoms with Gasteiger partial charge in [-0.25, -0.2) is 9.67 Å². The van der Waals surface area contributed by atoms with Crippen molar-refractivity contribution in [1.82, 2.24) is 25.0 Å². The number of likely N-dealkylation sites (tertiary alicyclic amines) is 1. The molecular weight excluding hydrogens is 425 g/mol. The number of furan rings is 1. The Morgan fingerprint density at radius 3 is 2.57 bits per heavy atom. The van der Waals surface area contributed by atoms with Crippen molar-refractivity contribution in [2.24, 2.45) is 0 Å². The van der Waals surface area contributed by atoms with Crippen molar-refractivity contribution in [3.05, 3.63) is 64.0 Å². The van der Waals surface area contributed by atoms with Gasteiger partial charge in [-0.05, 0) is 50.2 Å². The maximum atomic E-state index is 12.9. The molecule has 30 heavy (non-hydrogen) atoms. The van der Waals surface area contributed by atoms with Crippen LogP contribution in [0.4, 0.5) is 0 Å². The highest BCUT2D eigenvalue weighted by Crippen LogP contribution is 2.29. The van der Waals surface area contributed by atoms with Crippen LogP contribution in [0, 0.1) is 0 Å². The number of benzene rings is 1. The summed E-state index contributed by atoms with van der Waals surface area (Å²) in [6, 6.07) is 9.01. The molecule has 1 unspecified atom stereocenters. The third-order valence-corrected chi connectivity index (χ3v) is 5.86. The first-order valence-electron chi connectivity index (χ1n) is 10.0. The summed E-state index contributed by atoms with van der Waals surface area (Å²) in [7, 11) is 0. The molecule has 0 radical (unpaired) electrons. The summed E-state index contributed by atoms with van der Waals surface area (Å²) in [5.41, 5.74) is 0.523. The van der Waals surface area contributed by atoms with Gasteiger partial charge in [0.1, 0.15) is 17.3 Å². The van der Waals surface area contributed by atoms with Crippen LogP contribution in [0.5, 0.6) is 0 Å². The maximum absolute atomic E-state index is 12.9. The van der Waals surface area contributed by atoms with Crippen molar-refractivity contribution in [3.8, 4) is 5.69 Å². The van der Waals surface area contributed by atoms with Crippen LogP contribution >= 0.6 is 23.2 Å². The number of aromatic nitrogens is 3. The first-order chi connectivity index (χ1) is 14.6. The Balaban J connectivity index is 1.54. The van der Waals surface area contributed by atoms with Crippen molar-refractivity contribution in [1.29, 1.82) is 0 Å². The van der Waals surface area contributed by atoms with E-state index in [0.717, 1.165) is 31.7 Å². The fourth-order valence-corrected chi connectivity index (χ4v) is 4.31. The maximum Gasteiger partial charge on any atom is 0.291 e. The highest BCUT2D eigenvalue weighted by atomic mass is 35.5. The van der Waals surface area contributed by atoms with Gasteiger partial charge in [0.2, 0.25) is 5.82 Å². The molecule has 1 aliphatic heterocycles. The molecule has 1 atom stereocenters. The zero-order valence-corrected chi connectivity index (χ0v) is 18.2. The lowest BCUT2D eigenvalue weighted by molar-refractivity contribution is 0.0923. The number of aryl methyl sites for hydroxylation is 1. The summed E-state index contributed by atoms with van der Waals surface area (Å²) in [5.74, 6) is 1.19. The van der Waals surface area contributed by atoms with Crippen LogP contribution in [-0.4, -0.2) is 45.2 Å². The minimum absolute atomic E-state index is 0.0165. The number of amides is 1. The Kier molecular flexibility index (Phi) is 6.41. The van der Waals surface area contributed by atoms with Gasteiger partial charge in [-0.2, -0.15) is 0 Å². The van der Waals surface area contributed by atoms with Crippen LogP contribution in [0.15, 0.2) is 41.0 Å². The SMILES string of the molecule is CCc1nc(C(=O)NCC(c2ccco2)N2CCCC2)nn1-c1c(Cl)cccc1Cl. The Hall–Kier alpha value is -2.35. The summed E-state index contributed by atoms with van der Waals surface area (Å²) >= 11 is 12.6. The van der Waals surface area contributed by atoms with E-state index in [1.165, 1.54) is 0 Å². The van der Waals surface area contributed by atoms with E-state index >= 15 is 0 Å². The Bertz CT molecular complexity index is 992. The highest BCUT2D eigenvalue weighted by Gasteiger charge is 2.27. The van der Waals surface area contributed by atoms with Crippen molar-refractivity contribution >= 4 is 29.1 Å². The standard InChI is InChI=1S/C21H23Cl2N5O2/c1-2-18-25-20(26-28(18)19-14(22)7-5-8-15(19)23)21(29)24-13-16(17-9-6-12-30-17)27-10-3-4-11-27/h5-9,12,16H,2-4,10-11,13H2,1H3,(H,24,29). The van der Waals surface area contributed by atoms with Gasteiger partial charge in [0.25, 0.3) is 5.91 Å². The fraction of sp³-hybridized carbons (Fsp3) is 0.381. The lowest BCUT2D eigenvalue weighted by Gasteiger charge is -2.25. The van der Waals surface area contributed by atoms with Gasteiger partial charge in [0, 0.05) is 13.0 Å². The van der Waals surface area contributed by atoms with Gasteiger partial charge in [0.15, 0.2) is 0 Å². The Morgan fingerprint density at radius 2 is 1.93 bits per heavy atom. The molecule has 1 saturated heterocycles. The van der Waals surface area contributed by atoms with E-state index in [2.05, 4.69) is 20.3 Å². The molecule has 1 fully saturated rings. The number of nitrogens with zero attached hydrogens (tertiary/aromatic N) is 4. The predicted molar refractivity (Wildman–Crippen MR) is 115 cm³/mol. The molecule has 9 heteroatoms. The van der Waals surface area contributed by atoms with Crippen LogP contribution in [0.1, 0.15) is 48.0 Å². The molecule has 0 aliphatic carbocycles. The van der Waals surface area contributed by atoms with Gasteiger partial charge in [-0.1, -0.05) is 36.2 Å². The second-order valence-corrected chi connectivity index (χ2v) is 7.99. The monoisotopic (exact) mass is 447 g/mol. The number of hydrogen-bond donors (Lipinski definition) is 1. The molecule has 1 aromatic carbocycles. The summed E-state index contributed by atoms with van der Waals surface area (Å²) in [5, 5.41) is 8.25. The normalized spacial score (nSPS) is 15.4. The van der Waals surface area contributed by atoms with Crippen LogP contribution in [0.3, 0.4) is 0 Å². The van der Waals surface area contributed by atoms with Gasteiger partial charge in [-0.3, -0.25) is 9.69 Å². The van der Waals surface area contributed by atoms with Gasteiger partial charge >= 0.3 is 0 Å². The summed E-state index contributed by atoms with van der Waals surface area (Å²) in [4.78, 5) is 19.6. The molecule has 1 N–H and O–H groups in total. The highest BCUT2D eigenvalue weighted by molar-refractivity contribution is 6.37. The van der Waals surface area contributed by atoms with Crippen LogP contribution in [0.2, 0.25) is 10.0 Å². The van der Waals surface area contributed by atoms with E-state index in [0.29, 0.717) is 34.5 Å². The van der Waals surface area contributed by atoms with E-state index in [1.54, 1.807) is 29.1 Å². The Labute approximate surface area is 185 Å². The third-order valence-electron chi connectivity index (χ3n) is 5.25. The molecular formula is C21H23Cl2N5O2. The van der Waals surface area contributed by atoms with E-state index in [4.69, 9.17) is 27.6 Å². The van der Waals surface area contributed by atoms with Crippen LogP contribution in [-0.2, 0) is 6.42 Å². The lowest BCUT2D eigenvalue weighted by atomic mass is 10.2. The number of para-hydroxylation sites is 1. The fourth-order valence-electron chi connectivity index (χ4n) is 3.75. The average molecular weight is 448 g/mol. The number of hydrogen-bond acceptors (Lipinski definition) is 5. The van der Waals surface area contributed by atoms with Crippen molar-refractivity contribution in [3.63, 3.8) is 0 Å². The number of carbonyl (C=O) groups excluding carboxylic acids is 1. The molecule has 1 aliphatic rings. The van der Waals surface area contributed by atoms with Crippen molar-refractivity contribution < 1.29 is 9.21 Å². The molecule has 3 heterocycles. The predicted octanol–water partition coefficient (Wildman–Crippen LogP) is 4.30. The zero-order valence-electron chi connectivity index (χ0n) is 16.6. The number of nitrogens with one attached hydrogen (secondary N) is 1. The molecule has 2 aromatic heterocycles. The molecule has 0 spiro atoms. The topological polar surface area (TPSA) is 76.2 Å². The number of carbonyl (C=O) groups is 1. The number of halogens is 2. The first kappa shape index (κ1) is 20.9. The van der Waals surface area contributed by atoms with Crippen molar-refractivity contribution in [2.45, 2.75) is 32.2 Å². The minimum atomic E-state index is -0.345. The molecule has 3 aromatic rings. The minimum Gasteiger partial charge on any atom is -0.468 e. The second-order valence-electron chi connectivity index (χ2n) is 7.17. The number of rotatable bonds is 7. The first-order valence-corrected chi connectivity index (χ1v) is 10.8. The molecule has 0 saturated carbocycles. The van der Waals surface area contributed by atoms with Crippen LogP contribution in [0.25, 0.3) is 5.69 Å². The molecule has 4 rings (SSSR count). The molecule has 0 bridgehead atoms.